The molecule has 6 nitrogen and oxygen atoms in total. The maximum Gasteiger partial charge on any atom is 0.407 e. The van der Waals surface area contributed by atoms with E-state index in [4.69, 9.17) is 14.2 Å². The van der Waals surface area contributed by atoms with Crippen LogP contribution in [0.15, 0.2) is 0 Å². The molecule has 0 aromatic heterocycles. The number of rotatable bonds is 24. The van der Waals surface area contributed by atoms with Gasteiger partial charge in [-0.05, 0) is 26.2 Å². The number of amides is 1. The molecule has 1 amide bonds. The summed E-state index contributed by atoms with van der Waals surface area (Å²) in [5, 5.41) is 2.82. The van der Waals surface area contributed by atoms with E-state index in [0.717, 1.165) is 30.5 Å². The summed E-state index contributed by atoms with van der Waals surface area (Å²) in [5.41, 5.74) is 0. The van der Waals surface area contributed by atoms with E-state index in [-0.39, 0.29) is 42.3 Å². The van der Waals surface area contributed by atoms with Crippen LogP contribution in [0.2, 0.25) is 0 Å². The minimum absolute atomic E-state index is 0. The third-order valence-electron chi connectivity index (χ3n) is 6.28. The molecule has 0 aliphatic carbocycles. The predicted molar refractivity (Wildman–Crippen MR) is 143 cm³/mol. The maximum absolute atomic E-state index is 11.8. The summed E-state index contributed by atoms with van der Waals surface area (Å²) in [5.74, 6) is 0. The van der Waals surface area contributed by atoms with E-state index in [1.165, 1.54) is 83.5 Å². The Labute approximate surface area is 235 Å². The van der Waals surface area contributed by atoms with Crippen molar-refractivity contribution in [3.63, 3.8) is 0 Å². The maximum atomic E-state index is 11.8. The average molecular weight is 615 g/mol. The lowest BCUT2D eigenvalue weighted by Crippen LogP contribution is -3.00. The summed E-state index contributed by atoms with van der Waals surface area (Å²) in [4.78, 5) is 11.8. The van der Waals surface area contributed by atoms with Gasteiger partial charge in [-0.15, -0.1) is 0 Å². The number of unbranched alkanes of at least 4 members (excludes halogenated alkanes) is 12. The van der Waals surface area contributed by atoms with Crippen LogP contribution in [0.3, 0.4) is 0 Å². The predicted octanol–water partition coefficient (Wildman–Crippen LogP) is 3.71. The van der Waals surface area contributed by atoms with E-state index in [1.807, 2.05) is 6.92 Å². The van der Waals surface area contributed by atoms with Gasteiger partial charge < -0.3 is 48.0 Å². The molecule has 212 valence electrons. The molecule has 0 saturated carbocycles. The number of hydrogen-bond acceptors (Lipinski definition) is 4. The highest BCUT2D eigenvalue weighted by Gasteiger charge is 2.14. The number of quaternary nitrogens is 1. The highest BCUT2D eigenvalue weighted by atomic mass is 127. The van der Waals surface area contributed by atoms with Crippen LogP contribution in [0.5, 0.6) is 0 Å². The summed E-state index contributed by atoms with van der Waals surface area (Å²) in [7, 11) is 8.03. The van der Waals surface area contributed by atoms with Gasteiger partial charge in [0, 0.05) is 20.3 Å². The minimum atomic E-state index is -0.352. The van der Waals surface area contributed by atoms with Crippen LogP contribution in [0.4, 0.5) is 4.79 Å². The van der Waals surface area contributed by atoms with Crippen molar-refractivity contribution in [2.24, 2.45) is 0 Å². The Morgan fingerprint density at radius 3 is 1.74 bits per heavy atom. The van der Waals surface area contributed by atoms with E-state index in [2.05, 4.69) is 33.4 Å². The molecule has 0 saturated heterocycles. The molecular formula is C28H59IN2O4. The molecule has 0 aromatic rings. The fraction of sp³-hybridized carbons (Fsp3) is 0.964. The highest BCUT2D eigenvalue weighted by molar-refractivity contribution is 5.67. The van der Waals surface area contributed by atoms with Crippen molar-refractivity contribution < 1.29 is 47.5 Å². The molecule has 0 rings (SSSR count). The van der Waals surface area contributed by atoms with Crippen molar-refractivity contribution in [1.82, 2.24) is 5.32 Å². The van der Waals surface area contributed by atoms with E-state index >= 15 is 0 Å². The van der Waals surface area contributed by atoms with Gasteiger partial charge in [0.05, 0.1) is 33.4 Å². The Morgan fingerprint density at radius 1 is 0.800 bits per heavy atom. The lowest BCUT2D eigenvalue weighted by atomic mass is 10.0. The Balaban J connectivity index is 0. The second-order valence-electron chi connectivity index (χ2n) is 10.9. The zero-order valence-electron chi connectivity index (χ0n) is 24.0. The highest BCUT2D eigenvalue weighted by Crippen LogP contribution is 2.15. The molecule has 2 unspecified atom stereocenters. The van der Waals surface area contributed by atoms with Gasteiger partial charge in [-0.3, -0.25) is 0 Å². The van der Waals surface area contributed by atoms with Crippen molar-refractivity contribution in [1.29, 1.82) is 0 Å². The van der Waals surface area contributed by atoms with E-state index < -0.39 is 0 Å². The topological polar surface area (TPSA) is 56.8 Å². The largest absolute Gasteiger partial charge is 1.00 e. The molecule has 0 radical (unpaired) electrons. The van der Waals surface area contributed by atoms with Gasteiger partial charge in [0.15, 0.2) is 0 Å². The lowest BCUT2D eigenvalue weighted by Gasteiger charge is -2.24. The molecule has 0 bridgehead atoms. The van der Waals surface area contributed by atoms with Crippen LogP contribution in [-0.2, 0) is 14.2 Å². The van der Waals surface area contributed by atoms with E-state index in [9.17, 15) is 4.79 Å². The molecule has 35 heavy (non-hydrogen) atoms. The Hall–Kier alpha value is -0.120. The van der Waals surface area contributed by atoms with Gasteiger partial charge in [0.1, 0.15) is 13.2 Å². The van der Waals surface area contributed by atoms with Crippen molar-refractivity contribution >= 4 is 6.09 Å². The molecular weight excluding hydrogens is 555 g/mol. The first-order valence-corrected chi connectivity index (χ1v) is 14.1. The molecule has 0 fully saturated rings. The number of nitrogens with one attached hydrogen (secondary N) is 1. The standard InChI is InChI=1S/C28H58N2O4.HI/c1-7-27(34-26(2)25-29-28(31)33-24-22-30(3,4)5)21-19-17-15-13-11-9-8-10-12-14-16-18-20-23-32-6;/h26-27H,7-25H2,1-6H3;1H. The lowest BCUT2D eigenvalue weighted by molar-refractivity contribution is -0.870. The number of likely N-dealkylation sites (N-methyl/N-ethyl adjacent to an activating group) is 1. The molecule has 0 aliphatic rings. The van der Waals surface area contributed by atoms with Gasteiger partial charge in [0.25, 0.3) is 0 Å². The number of hydrogen-bond donors (Lipinski definition) is 1. The molecule has 7 heteroatoms. The zero-order chi connectivity index (χ0) is 25.5. The number of nitrogens with zero attached hydrogens (tertiary/aromatic N) is 1. The van der Waals surface area contributed by atoms with Crippen molar-refractivity contribution in [2.45, 2.75) is 122 Å². The number of carbonyl (C=O) groups excluding carboxylic acids is 1. The van der Waals surface area contributed by atoms with Crippen molar-refractivity contribution in [3.05, 3.63) is 0 Å². The smallest absolute Gasteiger partial charge is 0.407 e. The second kappa shape index (κ2) is 25.5. The van der Waals surface area contributed by atoms with Crippen LogP contribution >= 0.6 is 0 Å². The van der Waals surface area contributed by atoms with Crippen LogP contribution in [0, 0.1) is 0 Å². The van der Waals surface area contributed by atoms with Crippen LogP contribution < -0.4 is 29.3 Å². The first kappa shape index (κ1) is 37.0. The quantitative estimate of drug-likeness (QED) is 0.102. The minimum Gasteiger partial charge on any atom is -1.00 e. The fourth-order valence-corrected chi connectivity index (χ4v) is 4.00. The van der Waals surface area contributed by atoms with Gasteiger partial charge in [-0.1, -0.05) is 84.0 Å². The van der Waals surface area contributed by atoms with Crippen molar-refractivity contribution in [2.75, 3.05) is 54.6 Å². The summed E-state index contributed by atoms with van der Waals surface area (Å²) in [6.45, 7) is 6.84. The fourth-order valence-electron chi connectivity index (χ4n) is 4.00. The summed E-state index contributed by atoms with van der Waals surface area (Å²) in [6.07, 6.45) is 19.6. The average Bonchev–Trinajstić information content (AvgIpc) is 2.78. The Kier molecular flexibility index (Phi) is 27.0. The Bertz CT molecular complexity index is 461. The van der Waals surface area contributed by atoms with Gasteiger partial charge in [-0.2, -0.15) is 0 Å². The Morgan fingerprint density at radius 2 is 1.29 bits per heavy atom. The third-order valence-corrected chi connectivity index (χ3v) is 6.28. The summed E-state index contributed by atoms with van der Waals surface area (Å²) < 4.78 is 17.3. The first-order valence-electron chi connectivity index (χ1n) is 14.1. The normalized spacial score (nSPS) is 13.2. The first-order chi connectivity index (χ1) is 16.3. The second-order valence-corrected chi connectivity index (χ2v) is 10.9. The molecule has 0 spiro atoms. The summed E-state index contributed by atoms with van der Waals surface area (Å²) >= 11 is 0. The monoisotopic (exact) mass is 614 g/mol. The molecule has 0 aromatic carbocycles. The van der Waals surface area contributed by atoms with E-state index in [1.54, 1.807) is 7.11 Å². The zero-order valence-corrected chi connectivity index (χ0v) is 26.2. The van der Waals surface area contributed by atoms with E-state index in [0.29, 0.717) is 13.2 Å². The van der Waals surface area contributed by atoms with Crippen LogP contribution in [0.25, 0.3) is 0 Å². The number of methoxy groups -OCH3 is 1. The summed E-state index contributed by atoms with van der Waals surface area (Å²) in [6, 6.07) is 0. The third kappa shape index (κ3) is 28.3. The number of ether oxygens (including phenoxy) is 3. The van der Waals surface area contributed by atoms with Crippen LogP contribution in [0.1, 0.15) is 110 Å². The molecule has 1 N–H and O–H groups in total. The van der Waals surface area contributed by atoms with Crippen molar-refractivity contribution in [3.8, 4) is 0 Å². The molecule has 0 heterocycles. The number of halogens is 1. The number of carbonyl (C=O) groups is 1. The SMILES string of the molecule is CCC(CCCCCCCCCCCCCCCOC)OC(C)CNC(=O)OCC[N+](C)(C)C.[I-]. The number of alkyl carbamates (subject to hydrolysis) is 1. The van der Waals surface area contributed by atoms with Gasteiger partial charge in [-0.25, -0.2) is 4.79 Å². The van der Waals surface area contributed by atoms with Gasteiger partial charge >= 0.3 is 6.09 Å². The molecule has 2 atom stereocenters. The molecule has 0 aliphatic heterocycles. The van der Waals surface area contributed by atoms with Crippen LogP contribution in [-0.4, -0.2) is 77.3 Å². The van der Waals surface area contributed by atoms with Gasteiger partial charge in [0.2, 0.25) is 0 Å².